The zero-order chi connectivity index (χ0) is 12.8. The van der Waals surface area contributed by atoms with Crippen LogP contribution in [0.2, 0.25) is 0 Å². The topological polar surface area (TPSA) is 26.3 Å². The molecule has 0 N–H and O–H groups in total. The average Bonchev–Trinajstić information content (AvgIpc) is 2.46. The SMILES string of the molecule is COc1ccc(/C(=C\C=O)c2ccccc2)cc1. The molecule has 2 aromatic rings. The van der Waals surface area contributed by atoms with E-state index in [-0.39, 0.29) is 0 Å². The molecule has 0 saturated heterocycles. The van der Waals surface area contributed by atoms with Crippen molar-refractivity contribution in [3.63, 3.8) is 0 Å². The van der Waals surface area contributed by atoms with Crippen molar-refractivity contribution in [1.82, 2.24) is 0 Å². The van der Waals surface area contributed by atoms with Crippen molar-refractivity contribution in [2.45, 2.75) is 0 Å². The zero-order valence-corrected chi connectivity index (χ0v) is 10.2. The highest BCUT2D eigenvalue weighted by molar-refractivity contribution is 5.89. The van der Waals surface area contributed by atoms with E-state index in [2.05, 4.69) is 0 Å². The van der Waals surface area contributed by atoms with Crippen LogP contribution in [0.5, 0.6) is 5.75 Å². The largest absolute Gasteiger partial charge is 0.497 e. The molecule has 2 nitrogen and oxygen atoms in total. The molecule has 2 heteroatoms. The van der Waals surface area contributed by atoms with E-state index in [9.17, 15) is 4.79 Å². The molecule has 0 aromatic heterocycles. The van der Waals surface area contributed by atoms with Crippen molar-refractivity contribution in [3.05, 3.63) is 71.8 Å². The molecule has 0 amide bonds. The van der Waals surface area contributed by atoms with Crippen molar-refractivity contribution in [2.75, 3.05) is 7.11 Å². The third kappa shape index (κ3) is 2.66. The van der Waals surface area contributed by atoms with Gasteiger partial charge in [0.2, 0.25) is 0 Å². The number of allylic oxidation sites excluding steroid dienone is 1. The van der Waals surface area contributed by atoms with E-state index in [4.69, 9.17) is 4.74 Å². The molecule has 0 aliphatic heterocycles. The number of hydrogen-bond acceptors (Lipinski definition) is 2. The van der Waals surface area contributed by atoms with Crippen LogP contribution in [0.4, 0.5) is 0 Å². The second kappa shape index (κ2) is 5.82. The standard InChI is InChI=1S/C16H14O2/c1-18-15-9-7-14(8-10-15)16(11-12-17)13-5-3-2-4-6-13/h2-12H,1H3/b16-11-. The van der Waals surface area contributed by atoms with Crippen LogP contribution in [0.3, 0.4) is 0 Å². The van der Waals surface area contributed by atoms with E-state index in [1.54, 1.807) is 13.2 Å². The van der Waals surface area contributed by atoms with Gasteiger partial charge in [0, 0.05) is 0 Å². The molecule has 2 aromatic carbocycles. The molecule has 0 saturated carbocycles. The third-order valence-corrected chi connectivity index (χ3v) is 2.72. The maximum atomic E-state index is 10.8. The van der Waals surface area contributed by atoms with Gasteiger partial charge in [0.25, 0.3) is 0 Å². The molecule has 0 heterocycles. The number of benzene rings is 2. The molecular formula is C16H14O2. The van der Waals surface area contributed by atoms with Gasteiger partial charge in [-0.2, -0.15) is 0 Å². The van der Waals surface area contributed by atoms with Gasteiger partial charge in [-0.25, -0.2) is 0 Å². The van der Waals surface area contributed by atoms with Gasteiger partial charge < -0.3 is 4.74 Å². The van der Waals surface area contributed by atoms with Crippen LogP contribution in [-0.2, 0) is 4.79 Å². The summed E-state index contributed by atoms with van der Waals surface area (Å²) in [6, 6.07) is 17.5. The highest BCUT2D eigenvalue weighted by atomic mass is 16.5. The summed E-state index contributed by atoms with van der Waals surface area (Å²) in [4.78, 5) is 10.8. The van der Waals surface area contributed by atoms with Crippen LogP contribution in [0.25, 0.3) is 5.57 Å². The predicted octanol–water partition coefficient (Wildman–Crippen LogP) is 3.33. The van der Waals surface area contributed by atoms with Gasteiger partial charge in [0.05, 0.1) is 7.11 Å². The van der Waals surface area contributed by atoms with Crippen molar-refractivity contribution < 1.29 is 9.53 Å². The van der Waals surface area contributed by atoms with E-state index in [0.717, 1.165) is 28.7 Å². The van der Waals surface area contributed by atoms with Crippen LogP contribution in [0.15, 0.2) is 60.7 Å². The van der Waals surface area contributed by atoms with Crippen LogP contribution in [-0.4, -0.2) is 13.4 Å². The Bertz CT molecular complexity index is 539. The quantitative estimate of drug-likeness (QED) is 0.603. The molecule has 0 aliphatic rings. The first-order valence-corrected chi connectivity index (χ1v) is 5.70. The Labute approximate surface area is 107 Å². The predicted molar refractivity (Wildman–Crippen MR) is 72.6 cm³/mol. The minimum absolute atomic E-state index is 0.803. The fourth-order valence-electron chi connectivity index (χ4n) is 1.82. The summed E-state index contributed by atoms with van der Waals surface area (Å²) in [5.74, 6) is 0.803. The first kappa shape index (κ1) is 12.1. The van der Waals surface area contributed by atoms with E-state index in [0.29, 0.717) is 0 Å². The molecule has 0 atom stereocenters. The fourth-order valence-corrected chi connectivity index (χ4v) is 1.82. The van der Waals surface area contributed by atoms with Crippen molar-refractivity contribution in [2.24, 2.45) is 0 Å². The van der Waals surface area contributed by atoms with Gasteiger partial charge in [0.15, 0.2) is 0 Å². The molecule has 0 aliphatic carbocycles. The summed E-state index contributed by atoms with van der Waals surface area (Å²) in [6.45, 7) is 0. The molecule has 90 valence electrons. The third-order valence-electron chi connectivity index (χ3n) is 2.72. The number of hydrogen-bond donors (Lipinski definition) is 0. The number of carbonyl (C=O) groups excluding carboxylic acids is 1. The van der Waals surface area contributed by atoms with Gasteiger partial charge in [0.1, 0.15) is 12.0 Å². The number of ether oxygens (including phenoxy) is 1. The maximum absolute atomic E-state index is 10.8. The number of aldehydes is 1. The Hall–Kier alpha value is -2.35. The molecule has 0 radical (unpaired) electrons. The summed E-state index contributed by atoms with van der Waals surface area (Å²) in [6.07, 6.45) is 2.39. The summed E-state index contributed by atoms with van der Waals surface area (Å²) in [5.41, 5.74) is 2.93. The molecule has 0 unspecified atom stereocenters. The minimum Gasteiger partial charge on any atom is -0.497 e. The minimum atomic E-state index is 0.803. The summed E-state index contributed by atoms with van der Waals surface area (Å²) in [7, 11) is 1.63. The highest BCUT2D eigenvalue weighted by Crippen LogP contribution is 2.24. The Morgan fingerprint density at radius 3 is 2.11 bits per heavy atom. The molecule has 0 fully saturated rings. The first-order chi connectivity index (χ1) is 8.85. The average molecular weight is 238 g/mol. The first-order valence-electron chi connectivity index (χ1n) is 5.70. The van der Waals surface area contributed by atoms with Crippen molar-refractivity contribution in [3.8, 4) is 5.75 Å². The Balaban J connectivity index is 2.42. The van der Waals surface area contributed by atoms with Crippen LogP contribution in [0.1, 0.15) is 11.1 Å². The smallest absolute Gasteiger partial charge is 0.143 e. The van der Waals surface area contributed by atoms with Gasteiger partial charge in [-0.3, -0.25) is 4.79 Å². The summed E-state index contributed by atoms with van der Waals surface area (Å²) >= 11 is 0. The molecule has 2 rings (SSSR count). The van der Waals surface area contributed by atoms with Gasteiger partial charge in [-0.15, -0.1) is 0 Å². The number of rotatable bonds is 4. The summed E-state index contributed by atoms with van der Waals surface area (Å²) in [5, 5.41) is 0. The highest BCUT2D eigenvalue weighted by Gasteiger charge is 2.04. The molecule has 0 spiro atoms. The lowest BCUT2D eigenvalue weighted by molar-refractivity contribution is -0.104. The normalized spacial score (nSPS) is 11.1. The van der Waals surface area contributed by atoms with Gasteiger partial charge in [-0.1, -0.05) is 42.5 Å². The second-order valence-corrected chi connectivity index (χ2v) is 3.81. The zero-order valence-electron chi connectivity index (χ0n) is 10.2. The lowest BCUT2D eigenvalue weighted by atomic mass is 9.98. The van der Waals surface area contributed by atoms with Crippen LogP contribution >= 0.6 is 0 Å². The monoisotopic (exact) mass is 238 g/mol. The number of carbonyl (C=O) groups is 1. The molecular weight excluding hydrogens is 224 g/mol. The van der Waals surface area contributed by atoms with Crippen molar-refractivity contribution >= 4 is 11.9 Å². The lowest BCUT2D eigenvalue weighted by Crippen LogP contribution is -1.89. The fraction of sp³-hybridized carbons (Fsp3) is 0.0625. The molecule has 0 bridgehead atoms. The number of methoxy groups -OCH3 is 1. The second-order valence-electron chi connectivity index (χ2n) is 3.81. The van der Waals surface area contributed by atoms with Crippen LogP contribution < -0.4 is 4.74 Å². The van der Waals surface area contributed by atoms with E-state index in [1.807, 2.05) is 54.6 Å². The van der Waals surface area contributed by atoms with Crippen LogP contribution in [0, 0.1) is 0 Å². The Kier molecular flexibility index (Phi) is 3.92. The van der Waals surface area contributed by atoms with Gasteiger partial charge in [-0.05, 0) is 34.9 Å². The molecule has 18 heavy (non-hydrogen) atoms. The van der Waals surface area contributed by atoms with E-state index >= 15 is 0 Å². The maximum Gasteiger partial charge on any atom is 0.143 e. The Morgan fingerprint density at radius 1 is 0.944 bits per heavy atom. The lowest BCUT2D eigenvalue weighted by Gasteiger charge is -2.08. The van der Waals surface area contributed by atoms with Gasteiger partial charge >= 0.3 is 0 Å². The van der Waals surface area contributed by atoms with E-state index < -0.39 is 0 Å². The Morgan fingerprint density at radius 2 is 1.56 bits per heavy atom. The van der Waals surface area contributed by atoms with Crippen molar-refractivity contribution in [1.29, 1.82) is 0 Å². The summed E-state index contributed by atoms with van der Waals surface area (Å²) < 4.78 is 5.13. The van der Waals surface area contributed by atoms with E-state index in [1.165, 1.54) is 0 Å².